The quantitative estimate of drug-likeness (QED) is 0.610. The number of carbonyl (C=O) groups excluding carboxylic acids is 1. The van der Waals surface area contributed by atoms with Crippen LogP contribution in [0.2, 0.25) is 0 Å². The van der Waals surface area contributed by atoms with Gasteiger partial charge in [-0.3, -0.25) is 4.79 Å². The molecule has 9 atom stereocenters. The molecule has 3 unspecified atom stereocenters. The van der Waals surface area contributed by atoms with Crippen molar-refractivity contribution >= 4 is 5.97 Å². The van der Waals surface area contributed by atoms with Crippen LogP contribution in [0.5, 0.6) is 0 Å². The summed E-state index contributed by atoms with van der Waals surface area (Å²) in [4.78, 5) is 12.5. The molecule has 4 saturated carbocycles. The lowest BCUT2D eigenvalue weighted by molar-refractivity contribution is -0.217. The molecule has 0 aliphatic heterocycles. The average molecular weight is 421 g/mol. The molecule has 2 N–H and O–H groups in total. The van der Waals surface area contributed by atoms with Gasteiger partial charge in [0.1, 0.15) is 6.10 Å². The number of fused-ring (bicyclic) bond motifs is 5. The van der Waals surface area contributed by atoms with Crippen LogP contribution in [0.4, 0.5) is 0 Å². The van der Waals surface area contributed by atoms with Gasteiger partial charge in [-0.1, -0.05) is 13.8 Å². The molecule has 0 radical (unpaired) electrons. The smallest absolute Gasteiger partial charge is 0.311 e. The third kappa shape index (κ3) is 3.18. The number of rotatable bonds is 2. The highest BCUT2D eigenvalue weighted by atomic mass is 16.5. The summed E-state index contributed by atoms with van der Waals surface area (Å²) in [6, 6.07) is 0. The molecule has 0 aromatic carbocycles. The molecule has 4 rings (SSSR count). The van der Waals surface area contributed by atoms with E-state index in [4.69, 9.17) is 4.74 Å². The maximum Gasteiger partial charge on any atom is 0.311 e. The van der Waals surface area contributed by atoms with Crippen molar-refractivity contribution in [2.75, 3.05) is 0 Å². The fourth-order valence-corrected chi connectivity index (χ4v) is 8.42. The van der Waals surface area contributed by atoms with Gasteiger partial charge in [-0.25, -0.2) is 0 Å². The summed E-state index contributed by atoms with van der Waals surface area (Å²) in [7, 11) is 0. The van der Waals surface area contributed by atoms with Gasteiger partial charge in [0.15, 0.2) is 0 Å². The minimum absolute atomic E-state index is 0.134. The number of carbonyl (C=O) groups is 1. The second kappa shape index (κ2) is 7.20. The van der Waals surface area contributed by atoms with Crippen molar-refractivity contribution in [2.45, 2.75) is 117 Å². The van der Waals surface area contributed by atoms with Crippen molar-refractivity contribution in [3.05, 3.63) is 0 Å². The molecule has 4 nitrogen and oxygen atoms in total. The third-order valence-electron chi connectivity index (χ3n) is 10.4. The summed E-state index contributed by atoms with van der Waals surface area (Å²) in [5, 5.41) is 22.5. The van der Waals surface area contributed by atoms with E-state index < -0.39 is 11.0 Å². The van der Waals surface area contributed by atoms with Crippen LogP contribution in [0.3, 0.4) is 0 Å². The largest absolute Gasteiger partial charge is 0.462 e. The second-order valence-electron chi connectivity index (χ2n) is 12.8. The lowest BCUT2D eigenvalue weighted by Gasteiger charge is -2.63. The molecular formula is C26H44O4. The van der Waals surface area contributed by atoms with Crippen LogP contribution in [-0.2, 0) is 9.53 Å². The number of hydrogen-bond acceptors (Lipinski definition) is 4. The molecule has 0 heterocycles. The monoisotopic (exact) mass is 420 g/mol. The van der Waals surface area contributed by atoms with Crippen molar-refractivity contribution in [3.63, 3.8) is 0 Å². The Kier molecular flexibility index (Phi) is 5.42. The van der Waals surface area contributed by atoms with Gasteiger partial charge in [0.05, 0.1) is 17.1 Å². The molecular weight excluding hydrogens is 376 g/mol. The maximum atomic E-state index is 12.5. The number of aliphatic hydroxyl groups excluding tert-OH is 1. The van der Waals surface area contributed by atoms with E-state index in [-0.39, 0.29) is 34.9 Å². The molecule has 0 bridgehead atoms. The van der Waals surface area contributed by atoms with Crippen LogP contribution in [0.15, 0.2) is 0 Å². The van der Waals surface area contributed by atoms with Gasteiger partial charge in [-0.05, 0) is 109 Å². The summed E-state index contributed by atoms with van der Waals surface area (Å²) < 4.78 is 5.93. The molecule has 0 saturated heterocycles. The topological polar surface area (TPSA) is 66.8 Å². The molecule has 0 spiro atoms. The highest BCUT2D eigenvalue weighted by Crippen LogP contribution is 2.69. The van der Waals surface area contributed by atoms with Crippen LogP contribution in [-0.4, -0.2) is 34.0 Å². The first-order valence-electron chi connectivity index (χ1n) is 12.4. The zero-order chi connectivity index (χ0) is 22.1. The number of ether oxygens (including phenoxy) is 1. The number of esters is 1. The van der Waals surface area contributed by atoms with E-state index in [1.807, 2.05) is 27.7 Å². The van der Waals surface area contributed by atoms with Gasteiger partial charge >= 0.3 is 5.97 Å². The van der Waals surface area contributed by atoms with Gasteiger partial charge in [-0.2, -0.15) is 0 Å². The van der Waals surface area contributed by atoms with Gasteiger partial charge in [0.2, 0.25) is 0 Å². The number of aliphatic hydroxyl groups is 2. The Morgan fingerprint density at radius 2 is 1.70 bits per heavy atom. The molecule has 4 aliphatic rings. The van der Waals surface area contributed by atoms with E-state index >= 15 is 0 Å². The molecule has 4 heteroatoms. The van der Waals surface area contributed by atoms with E-state index in [9.17, 15) is 15.0 Å². The second-order valence-corrected chi connectivity index (χ2v) is 12.8. The van der Waals surface area contributed by atoms with Crippen LogP contribution in [0, 0.1) is 39.9 Å². The van der Waals surface area contributed by atoms with Gasteiger partial charge < -0.3 is 14.9 Å². The van der Waals surface area contributed by atoms with Gasteiger partial charge in [-0.15, -0.1) is 0 Å². The van der Waals surface area contributed by atoms with Crippen LogP contribution in [0.25, 0.3) is 0 Å². The first-order valence-corrected chi connectivity index (χ1v) is 12.4. The van der Waals surface area contributed by atoms with Crippen molar-refractivity contribution in [1.82, 2.24) is 0 Å². The summed E-state index contributed by atoms with van der Waals surface area (Å²) in [5.41, 5.74) is -1.10. The molecule has 4 aliphatic carbocycles. The maximum absolute atomic E-state index is 12.5. The van der Waals surface area contributed by atoms with Crippen molar-refractivity contribution < 1.29 is 19.7 Å². The third-order valence-corrected chi connectivity index (χ3v) is 10.4. The normalized spacial score (nSPS) is 49.5. The standard InChI is InChI=1S/C26H44O4/c1-16(30-22(28)23(2,3)4)19-11-14-26(29)21-8-7-17-15-18(27)9-12-24(17,5)20(21)10-13-25(19,26)6/h16-21,27,29H,7-15H2,1-6H3/t16?,17?,18?,19-,20+,21-,24+,25-,26-/m1/s1. The summed E-state index contributed by atoms with van der Waals surface area (Å²) in [5.74, 6) is 1.56. The van der Waals surface area contributed by atoms with Crippen LogP contribution in [0.1, 0.15) is 99.3 Å². The lowest BCUT2D eigenvalue weighted by atomic mass is 9.43. The molecule has 172 valence electrons. The van der Waals surface area contributed by atoms with Crippen LogP contribution < -0.4 is 0 Å². The lowest BCUT2D eigenvalue weighted by Crippen LogP contribution is -2.63. The Labute approximate surface area is 183 Å². The molecule has 0 amide bonds. The van der Waals surface area contributed by atoms with E-state index in [0.29, 0.717) is 17.8 Å². The minimum Gasteiger partial charge on any atom is -0.462 e. The van der Waals surface area contributed by atoms with E-state index in [0.717, 1.165) is 57.8 Å². The van der Waals surface area contributed by atoms with Crippen LogP contribution >= 0.6 is 0 Å². The zero-order valence-corrected chi connectivity index (χ0v) is 20.0. The Bertz CT molecular complexity index is 683. The SMILES string of the molecule is CC(OC(=O)C(C)(C)C)[C@H]1CC[C@@]2(O)[C@@H]3CCC4CC(O)CC[C@]4(C)[C@H]3CC[C@]12C. The molecule has 0 aromatic rings. The summed E-state index contributed by atoms with van der Waals surface area (Å²) in [6.45, 7) is 12.5. The van der Waals surface area contributed by atoms with Crippen molar-refractivity contribution in [2.24, 2.45) is 39.9 Å². The molecule has 30 heavy (non-hydrogen) atoms. The highest BCUT2D eigenvalue weighted by molar-refractivity contribution is 5.75. The average Bonchev–Trinajstić information content (AvgIpc) is 2.93. The highest BCUT2D eigenvalue weighted by Gasteiger charge is 2.68. The van der Waals surface area contributed by atoms with E-state index in [1.54, 1.807) is 0 Å². The Balaban J connectivity index is 1.57. The van der Waals surface area contributed by atoms with E-state index in [1.165, 1.54) is 0 Å². The van der Waals surface area contributed by atoms with Gasteiger partial charge in [0.25, 0.3) is 0 Å². The zero-order valence-electron chi connectivity index (χ0n) is 20.0. The van der Waals surface area contributed by atoms with Gasteiger partial charge in [0, 0.05) is 11.3 Å². The van der Waals surface area contributed by atoms with Crippen molar-refractivity contribution in [3.8, 4) is 0 Å². The first-order chi connectivity index (χ1) is 13.8. The summed E-state index contributed by atoms with van der Waals surface area (Å²) >= 11 is 0. The number of hydrogen-bond donors (Lipinski definition) is 2. The Morgan fingerprint density at radius 3 is 2.37 bits per heavy atom. The first kappa shape index (κ1) is 22.6. The van der Waals surface area contributed by atoms with E-state index in [2.05, 4.69) is 13.8 Å². The summed E-state index contributed by atoms with van der Waals surface area (Å²) in [6.07, 6.45) is 8.79. The Hall–Kier alpha value is -0.610. The predicted molar refractivity (Wildman–Crippen MR) is 118 cm³/mol. The Morgan fingerprint density at radius 1 is 1.00 bits per heavy atom. The minimum atomic E-state index is -0.660. The van der Waals surface area contributed by atoms with Crippen molar-refractivity contribution in [1.29, 1.82) is 0 Å². The molecule has 0 aromatic heterocycles. The predicted octanol–water partition coefficient (Wildman–Crippen LogP) is 5.10. The molecule has 4 fully saturated rings. The fraction of sp³-hybridized carbons (Fsp3) is 0.962. The fourth-order valence-electron chi connectivity index (χ4n) is 8.42.